The van der Waals surface area contributed by atoms with E-state index in [-0.39, 0.29) is 11.8 Å². The fourth-order valence-corrected chi connectivity index (χ4v) is 2.92. The van der Waals surface area contributed by atoms with Crippen LogP contribution in [0.4, 0.5) is 0 Å². The van der Waals surface area contributed by atoms with Gasteiger partial charge in [0.05, 0.1) is 0 Å². The molecule has 0 fully saturated rings. The molecular weight excluding hydrogens is 348 g/mol. The molecule has 2 aromatic carbocycles. The van der Waals surface area contributed by atoms with Gasteiger partial charge in [0, 0.05) is 12.8 Å². The van der Waals surface area contributed by atoms with Gasteiger partial charge in [-0.1, -0.05) is 99.2 Å². The van der Waals surface area contributed by atoms with Gasteiger partial charge in [0.1, 0.15) is 0 Å². The van der Waals surface area contributed by atoms with Crippen molar-refractivity contribution in [3.05, 3.63) is 60.7 Å². The van der Waals surface area contributed by atoms with E-state index in [2.05, 4.69) is 48.5 Å². The summed E-state index contributed by atoms with van der Waals surface area (Å²) in [4.78, 5) is 20.9. The minimum atomic E-state index is -0.202. The summed E-state index contributed by atoms with van der Waals surface area (Å²) >= 11 is 0. The van der Waals surface area contributed by atoms with Gasteiger partial charge >= 0.3 is 0 Å². The van der Waals surface area contributed by atoms with Crippen molar-refractivity contribution in [1.82, 2.24) is 0 Å². The Morgan fingerprint density at radius 2 is 0.786 bits per heavy atom. The first kappa shape index (κ1) is 23.4. The first-order chi connectivity index (χ1) is 13.6. The Bertz CT molecular complexity index is 597. The Kier molecular flexibility index (Phi) is 12.9. The molecule has 0 atom stereocenters. The normalized spacial score (nSPS) is 10.0. The number of amides is 2. The highest BCUT2D eigenvalue weighted by atomic mass is 16.1. The number of benzene rings is 2. The lowest BCUT2D eigenvalue weighted by molar-refractivity contribution is -0.119. The van der Waals surface area contributed by atoms with Crippen LogP contribution in [0.15, 0.2) is 60.7 Å². The second kappa shape index (κ2) is 15.4. The van der Waals surface area contributed by atoms with Crippen molar-refractivity contribution in [3.63, 3.8) is 0 Å². The first-order valence-electron chi connectivity index (χ1n) is 10.3. The van der Waals surface area contributed by atoms with E-state index >= 15 is 0 Å². The lowest BCUT2D eigenvalue weighted by Gasteiger charge is -2.01. The van der Waals surface area contributed by atoms with Gasteiger partial charge < -0.3 is 11.5 Å². The summed E-state index contributed by atoms with van der Waals surface area (Å²) in [5, 5.41) is 0. The molecule has 4 heteroatoms. The Morgan fingerprint density at radius 3 is 1.07 bits per heavy atom. The SMILES string of the molecule is NC(=O)CCCCCCCCCCC(N)=O.c1ccc(-c2ccccc2)cc1. The molecule has 0 aliphatic carbocycles. The Hall–Kier alpha value is -2.62. The molecular formula is C24H34N2O2. The van der Waals surface area contributed by atoms with Gasteiger partial charge in [0.15, 0.2) is 0 Å². The second-order valence-electron chi connectivity index (χ2n) is 6.99. The van der Waals surface area contributed by atoms with Gasteiger partial charge in [-0.3, -0.25) is 9.59 Å². The molecule has 0 bridgehead atoms. The van der Waals surface area contributed by atoms with E-state index in [0.717, 1.165) is 25.7 Å². The van der Waals surface area contributed by atoms with Crippen LogP contribution in [0.25, 0.3) is 11.1 Å². The predicted octanol–water partition coefficient (Wildman–Crippen LogP) is 5.21. The lowest BCUT2D eigenvalue weighted by atomic mass is 10.1. The molecule has 0 saturated heterocycles. The van der Waals surface area contributed by atoms with Crippen molar-refractivity contribution in [2.45, 2.75) is 64.2 Å². The van der Waals surface area contributed by atoms with Crippen LogP contribution in [0.3, 0.4) is 0 Å². The minimum absolute atomic E-state index is 0.202. The van der Waals surface area contributed by atoms with Crippen molar-refractivity contribution in [1.29, 1.82) is 0 Å². The molecule has 0 spiro atoms. The van der Waals surface area contributed by atoms with E-state index in [4.69, 9.17) is 11.5 Å². The second-order valence-corrected chi connectivity index (χ2v) is 6.99. The van der Waals surface area contributed by atoms with Crippen LogP contribution >= 0.6 is 0 Å². The fourth-order valence-electron chi connectivity index (χ4n) is 2.92. The van der Waals surface area contributed by atoms with Gasteiger partial charge in [0.25, 0.3) is 0 Å². The van der Waals surface area contributed by atoms with Gasteiger partial charge in [-0.25, -0.2) is 0 Å². The lowest BCUT2D eigenvalue weighted by Crippen LogP contribution is -2.09. The van der Waals surface area contributed by atoms with Crippen LogP contribution in [0.2, 0.25) is 0 Å². The smallest absolute Gasteiger partial charge is 0.217 e. The van der Waals surface area contributed by atoms with Crippen LogP contribution in [0, 0.1) is 0 Å². The summed E-state index contributed by atoms with van der Waals surface area (Å²) in [7, 11) is 0. The molecule has 28 heavy (non-hydrogen) atoms. The Morgan fingerprint density at radius 1 is 0.500 bits per heavy atom. The highest BCUT2D eigenvalue weighted by molar-refractivity contribution is 5.73. The average molecular weight is 383 g/mol. The first-order valence-corrected chi connectivity index (χ1v) is 10.3. The van der Waals surface area contributed by atoms with Crippen LogP contribution in [-0.4, -0.2) is 11.8 Å². The third-order valence-corrected chi connectivity index (χ3v) is 4.48. The molecule has 0 saturated carbocycles. The standard InChI is InChI=1S/C12H24N2O2.C12H10/c13-11(15)9-7-5-3-1-2-4-6-8-10-12(14)16;1-3-7-11(8-4-1)12-9-5-2-6-10-12/h1-10H2,(H2,13,15)(H2,14,16);1-10H. The Labute approximate surface area is 169 Å². The van der Waals surface area contributed by atoms with Crippen molar-refractivity contribution in [2.24, 2.45) is 11.5 Å². The Balaban J connectivity index is 0.000000289. The van der Waals surface area contributed by atoms with Crippen molar-refractivity contribution in [3.8, 4) is 11.1 Å². The van der Waals surface area contributed by atoms with E-state index < -0.39 is 0 Å². The summed E-state index contributed by atoms with van der Waals surface area (Å²) in [5.41, 5.74) is 12.6. The zero-order valence-electron chi connectivity index (χ0n) is 16.8. The van der Waals surface area contributed by atoms with Gasteiger partial charge in [-0.2, -0.15) is 0 Å². The van der Waals surface area contributed by atoms with E-state index in [0.29, 0.717) is 12.8 Å². The molecule has 0 aliphatic rings. The summed E-state index contributed by atoms with van der Waals surface area (Å²) in [6.45, 7) is 0. The summed E-state index contributed by atoms with van der Waals surface area (Å²) in [6, 6.07) is 20.8. The number of carbonyl (C=O) groups excluding carboxylic acids is 2. The zero-order valence-corrected chi connectivity index (χ0v) is 16.8. The predicted molar refractivity (Wildman–Crippen MR) is 116 cm³/mol. The largest absolute Gasteiger partial charge is 0.370 e. The molecule has 0 aromatic heterocycles. The molecule has 0 unspecified atom stereocenters. The van der Waals surface area contributed by atoms with E-state index in [1.165, 1.54) is 36.8 Å². The molecule has 152 valence electrons. The van der Waals surface area contributed by atoms with Crippen LogP contribution in [0.1, 0.15) is 64.2 Å². The summed E-state index contributed by atoms with van der Waals surface area (Å²) < 4.78 is 0. The molecule has 2 amide bonds. The van der Waals surface area contributed by atoms with Crippen LogP contribution in [0.5, 0.6) is 0 Å². The third kappa shape index (κ3) is 12.7. The molecule has 0 aliphatic heterocycles. The third-order valence-electron chi connectivity index (χ3n) is 4.48. The minimum Gasteiger partial charge on any atom is -0.370 e. The summed E-state index contributed by atoms with van der Waals surface area (Å²) in [6.07, 6.45) is 9.77. The van der Waals surface area contributed by atoms with Crippen molar-refractivity contribution >= 4 is 11.8 Å². The van der Waals surface area contributed by atoms with Crippen molar-refractivity contribution < 1.29 is 9.59 Å². The number of carbonyl (C=O) groups is 2. The number of rotatable bonds is 12. The van der Waals surface area contributed by atoms with Crippen LogP contribution < -0.4 is 11.5 Å². The summed E-state index contributed by atoms with van der Waals surface area (Å²) in [5.74, 6) is -0.405. The molecule has 0 heterocycles. The highest BCUT2D eigenvalue weighted by Gasteiger charge is 1.96. The number of unbranched alkanes of at least 4 members (excludes halogenated alkanes) is 7. The average Bonchev–Trinajstić information content (AvgIpc) is 2.71. The molecule has 4 N–H and O–H groups in total. The highest BCUT2D eigenvalue weighted by Crippen LogP contribution is 2.17. The number of primary amides is 2. The van der Waals surface area contributed by atoms with Crippen molar-refractivity contribution in [2.75, 3.05) is 0 Å². The quantitative estimate of drug-likeness (QED) is 0.494. The van der Waals surface area contributed by atoms with E-state index in [1.54, 1.807) is 0 Å². The number of hydrogen-bond donors (Lipinski definition) is 2. The topological polar surface area (TPSA) is 86.2 Å². The molecule has 0 radical (unpaired) electrons. The van der Waals surface area contributed by atoms with Gasteiger partial charge in [-0.05, 0) is 24.0 Å². The van der Waals surface area contributed by atoms with E-state index in [9.17, 15) is 9.59 Å². The van der Waals surface area contributed by atoms with Crippen LogP contribution in [-0.2, 0) is 9.59 Å². The van der Waals surface area contributed by atoms with Gasteiger partial charge in [-0.15, -0.1) is 0 Å². The maximum Gasteiger partial charge on any atom is 0.217 e. The number of nitrogens with two attached hydrogens (primary N) is 2. The maximum absolute atomic E-state index is 10.4. The van der Waals surface area contributed by atoms with E-state index in [1.807, 2.05) is 12.1 Å². The maximum atomic E-state index is 10.4. The molecule has 4 nitrogen and oxygen atoms in total. The molecule has 2 rings (SSSR count). The van der Waals surface area contributed by atoms with Gasteiger partial charge in [0.2, 0.25) is 11.8 Å². The molecule has 2 aromatic rings. The fraction of sp³-hybridized carbons (Fsp3) is 0.417. The zero-order chi connectivity index (χ0) is 20.5. The number of hydrogen-bond acceptors (Lipinski definition) is 2. The monoisotopic (exact) mass is 382 g/mol.